The zero-order valence-electron chi connectivity index (χ0n) is 11.2. The van der Waals surface area contributed by atoms with Crippen molar-refractivity contribution in [1.29, 1.82) is 0 Å². The molecule has 0 radical (unpaired) electrons. The summed E-state index contributed by atoms with van der Waals surface area (Å²) in [7, 11) is 0. The number of urea groups is 1. The standard InChI is InChI=1S/C14H19N3O3/c18-7-9-20-8-1-5-16-14(19)17-12-2-3-13-11(10-12)4-6-15-13/h2-4,6,10,15,18H,1,5,7-9H2,(H2,16,17,19). The number of hydrogen-bond acceptors (Lipinski definition) is 3. The molecule has 6 heteroatoms. The summed E-state index contributed by atoms with van der Waals surface area (Å²) in [6, 6.07) is 7.41. The fraction of sp³-hybridized carbons (Fsp3) is 0.357. The Labute approximate surface area is 117 Å². The van der Waals surface area contributed by atoms with Crippen molar-refractivity contribution >= 4 is 22.6 Å². The second kappa shape index (κ2) is 7.52. The minimum atomic E-state index is -0.234. The number of amides is 2. The van der Waals surface area contributed by atoms with Crippen LogP contribution in [0.15, 0.2) is 30.5 Å². The summed E-state index contributed by atoms with van der Waals surface area (Å²) in [5.41, 5.74) is 1.79. The number of carbonyl (C=O) groups is 1. The van der Waals surface area contributed by atoms with E-state index in [4.69, 9.17) is 9.84 Å². The van der Waals surface area contributed by atoms with Gasteiger partial charge in [0.05, 0.1) is 13.2 Å². The number of nitrogens with one attached hydrogen (secondary N) is 3. The summed E-state index contributed by atoms with van der Waals surface area (Å²) >= 11 is 0. The fourth-order valence-electron chi connectivity index (χ4n) is 1.85. The maximum Gasteiger partial charge on any atom is 0.319 e. The summed E-state index contributed by atoms with van der Waals surface area (Å²) < 4.78 is 5.10. The molecule has 0 aliphatic carbocycles. The van der Waals surface area contributed by atoms with Crippen molar-refractivity contribution in [2.45, 2.75) is 6.42 Å². The van der Waals surface area contributed by atoms with Gasteiger partial charge in [0.15, 0.2) is 0 Å². The molecule has 0 fully saturated rings. The van der Waals surface area contributed by atoms with Gasteiger partial charge in [-0.15, -0.1) is 0 Å². The first-order valence-corrected chi connectivity index (χ1v) is 6.60. The molecule has 0 unspecified atom stereocenters. The lowest BCUT2D eigenvalue weighted by Crippen LogP contribution is -2.30. The first-order chi connectivity index (χ1) is 9.79. The zero-order valence-corrected chi connectivity index (χ0v) is 11.2. The van der Waals surface area contributed by atoms with Crippen molar-refractivity contribution in [2.24, 2.45) is 0 Å². The summed E-state index contributed by atoms with van der Waals surface area (Å²) in [4.78, 5) is 14.8. The van der Waals surface area contributed by atoms with E-state index in [1.54, 1.807) is 0 Å². The first-order valence-electron chi connectivity index (χ1n) is 6.60. The van der Waals surface area contributed by atoms with Gasteiger partial charge in [0.2, 0.25) is 0 Å². The Morgan fingerprint density at radius 2 is 2.20 bits per heavy atom. The van der Waals surface area contributed by atoms with Gasteiger partial charge in [0.25, 0.3) is 0 Å². The Morgan fingerprint density at radius 3 is 3.05 bits per heavy atom. The smallest absolute Gasteiger partial charge is 0.319 e. The molecule has 2 rings (SSSR count). The lowest BCUT2D eigenvalue weighted by atomic mass is 10.2. The number of aromatic amines is 1. The minimum absolute atomic E-state index is 0.0234. The number of H-pyrrole nitrogens is 1. The molecule has 0 aliphatic heterocycles. The molecule has 2 aromatic rings. The van der Waals surface area contributed by atoms with Crippen LogP contribution in [0, 0.1) is 0 Å². The number of benzene rings is 1. The van der Waals surface area contributed by atoms with Crippen LogP contribution in [-0.2, 0) is 4.74 Å². The van der Waals surface area contributed by atoms with Crippen LogP contribution < -0.4 is 10.6 Å². The number of hydrogen-bond donors (Lipinski definition) is 4. The summed E-state index contributed by atoms with van der Waals surface area (Å²) in [6.45, 7) is 1.41. The van der Waals surface area contributed by atoms with Crippen molar-refractivity contribution < 1.29 is 14.6 Å². The molecule has 1 heterocycles. The van der Waals surface area contributed by atoms with Crippen LogP contribution in [0.3, 0.4) is 0 Å². The van der Waals surface area contributed by atoms with Crippen molar-refractivity contribution in [3.63, 3.8) is 0 Å². The van der Waals surface area contributed by atoms with Crippen LogP contribution in [0.25, 0.3) is 10.9 Å². The maximum absolute atomic E-state index is 11.7. The van der Waals surface area contributed by atoms with E-state index in [1.807, 2.05) is 30.5 Å². The predicted molar refractivity (Wildman–Crippen MR) is 77.8 cm³/mol. The molecular formula is C14H19N3O3. The van der Waals surface area contributed by atoms with Crippen molar-refractivity contribution in [2.75, 3.05) is 31.7 Å². The van der Waals surface area contributed by atoms with Crippen LogP contribution in [-0.4, -0.2) is 42.5 Å². The van der Waals surface area contributed by atoms with Crippen molar-refractivity contribution in [1.82, 2.24) is 10.3 Å². The highest BCUT2D eigenvalue weighted by Gasteiger charge is 2.02. The number of anilines is 1. The normalized spacial score (nSPS) is 10.7. The van der Waals surface area contributed by atoms with E-state index in [2.05, 4.69) is 15.6 Å². The Balaban J connectivity index is 1.71. The van der Waals surface area contributed by atoms with Gasteiger partial charge in [-0.25, -0.2) is 4.79 Å². The zero-order chi connectivity index (χ0) is 14.2. The van der Waals surface area contributed by atoms with Crippen molar-refractivity contribution in [3.05, 3.63) is 30.5 Å². The second-order valence-corrected chi connectivity index (χ2v) is 4.35. The number of aliphatic hydroxyl groups excluding tert-OH is 1. The third-order valence-corrected chi connectivity index (χ3v) is 2.80. The number of aromatic nitrogens is 1. The molecule has 1 aromatic heterocycles. The molecule has 1 aromatic carbocycles. The predicted octanol–water partition coefficient (Wildman–Crippen LogP) is 1.69. The third kappa shape index (κ3) is 4.25. The maximum atomic E-state index is 11.7. The average molecular weight is 277 g/mol. The first kappa shape index (κ1) is 14.4. The minimum Gasteiger partial charge on any atom is -0.394 e. The summed E-state index contributed by atoms with van der Waals surface area (Å²) in [6.07, 6.45) is 2.57. The van der Waals surface area contributed by atoms with Gasteiger partial charge in [-0.1, -0.05) is 0 Å². The number of fused-ring (bicyclic) bond motifs is 1. The largest absolute Gasteiger partial charge is 0.394 e. The van der Waals surface area contributed by atoms with Gasteiger partial charge in [-0.3, -0.25) is 0 Å². The van der Waals surface area contributed by atoms with E-state index in [0.29, 0.717) is 26.2 Å². The van der Waals surface area contributed by atoms with Gasteiger partial charge in [-0.2, -0.15) is 0 Å². The van der Waals surface area contributed by atoms with Gasteiger partial charge in [-0.05, 0) is 30.7 Å². The molecule has 2 amide bonds. The third-order valence-electron chi connectivity index (χ3n) is 2.80. The highest BCUT2D eigenvalue weighted by molar-refractivity contribution is 5.92. The quantitative estimate of drug-likeness (QED) is 0.581. The topological polar surface area (TPSA) is 86.4 Å². The van der Waals surface area contributed by atoms with E-state index in [-0.39, 0.29) is 12.6 Å². The van der Waals surface area contributed by atoms with Crippen LogP contribution in [0.1, 0.15) is 6.42 Å². The van der Waals surface area contributed by atoms with Crippen LogP contribution in [0.4, 0.5) is 10.5 Å². The van der Waals surface area contributed by atoms with Crippen LogP contribution in [0.2, 0.25) is 0 Å². The molecule has 6 nitrogen and oxygen atoms in total. The van der Waals surface area contributed by atoms with Crippen molar-refractivity contribution in [3.8, 4) is 0 Å². The van der Waals surface area contributed by atoms with Crippen LogP contribution in [0.5, 0.6) is 0 Å². The molecule has 0 atom stereocenters. The van der Waals surface area contributed by atoms with E-state index in [9.17, 15) is 4.79 Å². The monoisotopic (exact) mass is 277 g/mol. The molecule has 0 bridgehead atoms. The molecule has 20 heavy (non-hydrogen) atoms. The Hall–Kier alpha value is -2.05. The highest BCUT2D eigenvalue weighted by atomic mass is 16.5. The molecule has 0 saturated heterocycles. The Bertz CT molecular complexity index is 553. The lowest BCUT2D eigenvalue weighted by molar-refractivity contribution is 0.0910. The molecule has 0 spiro atoms. The Kier molecular flexibility index (Phi) is 5.40. The van der Waals surface area contributed by atoms with Gasteiger partial charge in [0, 0.05) is 35.9 Å². The molecule has 108 valence electrons. The van der Waals surface area contributed by atoms with Gasteiger partial charge >= 0.3 is 6.03 Å². The molecular weight excluding hydrogens is 258 g/mol. The van der Waals surface area contributed by atoms with Crippen LogP contribution >= 0.6 is 0 Å². The average Bonchev–Trinajstić information content (AvgIpc) is 2.90. The molecule has 4 N–H and O–H groups in total. The number of ether oxygens (including phenoxy) is 1. The lowest BCUT2D eigenvalue weighted by Gasteiger charge is -2.08. The Morgan fingerprint density at radius 1 is 1.30 bits per heavy atom. The van der Waals surface area contributed by atoms with E-state index < -0.39 is 0 Å². The molecule has 0 saturated carbocycles. The SMILES string of the molecule is O=C(NCCCOCCO)Nc1ccc2[nH]ccc2c1. The second-order valence-electron chi connectivity index (χ2n) is 4.35. The molecule has 0 aliphatic rings. The van der Waals surface area contributed by atoms with E-state index in [0.717, 1.165) is 16.6 Å². The number of carbonyl (C=O) groups excluding carboxylic acids is 1. The number of aliphatic hydroxyl groups is 1. The summed E-state index contributed by atoms with van der Waals surface area (Å²) in [5, 5.41) is 15.1. The number of rotatable bonds is 7. The fourth-order valence-corrected chi connectivity index (χ4v) is 1.85. The van der Waals surface area contributed by atoms with E-state index >= 15 is 0 Å². The van der Waals surface area contributed by atoms with E-state index in [1.165, 1.54) is 0 Å². The highest BCUT2D eigenvalue weighted by Crippen LogP contribution is 2.17. The van der Waals surface area contributed by atoms with Gasteiger partial charge in [0.1, 0.15) is 0 Å². The summed E-state index contributed by atoms with van der Waals surface area (Å²) in [5.74, 6) is 0. The van der Waals surface area contributed by atoms with Gasteiger partial charge < -0.3 is 25.5 Å².